The third-order valence-corrected chi connectivity index (χ3v) is 6.11. The highest BCUT2D eigenvalue weighted by Crippen LogP contribution is 2.46. The van der Waals surface area contributed by atoms with Crippen molar-refractivity contribution in [1.29, 1.82) is 5.26 Å². The second kappa shape index (κ2) is 8.90. The smallest absolute Gasteiger partial charge is 0.264 e. The van der Waals surface area contributed by atoms with Crippen molar-refractivity contribution in [3.05, 3.63) is 33.6 Å². The van der Waals surface area contributed by atoms with Gasteiger partial charge in [0, 0.05) is 11.6 Å². The zero-order valence-electron chi connectivity index (χ0n) is 13.9. The number of rotatable bonds is 7. The lowest BCUT2D eigenvalue weighted by atomic mass is 10.1. The molecule has 0 unspecified atom stereocenters. The molecule has 1 atom stereocenters. The van der Waals surface area contributed by atoms with Gasteiger partial charge in [-0.25, -0.2) is 0 Å². The van der Waals surface area contributed by atoms with E-state index in [1.165, 1.54) is 11.8 Å². The molecule has 0 fully saturated rings. The number of methoxy groups -OCH3 is 2. The molecular weight excluding hydrogens is 344 g/mol. The monoisotopic (exact) mass is 364 g/mol. The highest BCUT2D eigenvalue weighted by molar-refractivity contribution is 8.22. The van der Waals surface area contributed by atoms with E-state index in [1.807, 2.05) is 18.2 Å². The molecule has 24 heavy (non-hydrogen) atoms. The van der Waals surface area contributed by atoms with Crippen molar-refractivity contribution < 1.29 is 14.3 Å². The molecule has 0 spiro atoms. The zero-order valence-corrected chi connectivity index (χ0v) is 15.6. The Hall–Kier alpha value is -1.78. The average molecular weight is 364 g/mol. The highest BCUT2D eigenvalue weighted by Gasteiger charge is 2.30. The molecule has 1 amide bonds. The molecule has 1 aliphatic rings. The van der Waals surface area contributed by atoms with Crippen LogP contribution in [0.25, 0.3) is 0 Å². The van der Waals surface area contributed by atoms with Gasteiger partial charge in [0.05, 0.1) is 18.5 Å². The molecule has 2 rings (SSSR count). The number of hydrogen-bond donors (Lipinski definition) is 1. The van der Waals surface area contributed by atoms with Crippen molar-refractivity contribution >= 4 is 29.4 Å². The SMILES string of the molecule is CCCCSC1=C(C#N)C(=O)N[C@H](c2ccc(OC)cc2OC)S1. The van der Waals surface area contributed by atoms with Gasteiger partial charge < -0.3 is 14.8 Å². The van der Waals surface area contributed by atoms with Crippen LogP contribution in [0.4, 0.5) is 0 Å². The molecule has 0 aliphatic carbocycles. The predicted molar refractivity (Wildman–Crippen MR) is 98.0 cm³/mol. The first-order chi connectivity index (χ1) is 11.6. The van der Waals surface area contributed by atoms with Gasteiger partial charge in [-0.15, -0.1) is 11.8 Å². The molecule has 0 aromatic heterocycles. The summed E-state index contributed by atoms with van der Waals surface area (Å²) >= 11 is 3.05. The lowest BCUT2D eigenvalue weighted by molar-refractivity contribution is -0.117. The molecule has 0 bridgehead atoms. The molecule has 0 radical (unpaired) electrons. The van der Waals surface area contributed by atoms with Crippen LogP contribution in [0.15, 0.2) is 28.0 Å². The van der Waals surface area contributed by atoms with Gasteiger partial charge in [-0.05, 0) is 24.3 Å². The van der Waals surface area contributed by atoms with Gasteiger partial charge in [0.2, 0.25) is 0 Å². The van der Waals surface area contributed by atoms with Crippen molar-refractivity contribution in [2.24, 2.45) is 0 Å². The summed E-state index contributed by atoms with van der Waals surface area (Å²) < 4.78 is 11.4. The number of unbranched alkanes of at least 4 members (excludes halogenated alkanes) is 1. The van der Waals surface area contributed by atoms with Crippen molar-refractivity contribution in [2.45, 2.75) is 25.1 Å². The third-order valence-electron chi connectivity index (χ3n) is 3.48. The van der Waals surface area contributed by atoms with Crippen LogP contribution < -0.4 is 14.8 Å². The molecule has 0 saturated carbocycles. The molecule has 1 N–H and O–H groups in total. The molecule has 0 saturated heterocycles. The fourth-order valence-corrected chi connectivity index (χ4v) is 4.84. The van der Waals surface area contributed by atoms with Crippen molar-refractivity contribution in [1.82, 2.24) is 5.32 Å². The van der Waals surface area contributed by atoms with Gasteiger partial charge in [-0.2, -0.15) is 5.26 Å². The Balaban J connectivity index is 2.29. The summed E-state index contributed by atoms with van der Waals surface area (Å²) in [6, 6.07) is 7.52. The average Bonchev–Trinajstić information content (AvgIpc) is 2.61. The first-order valence-electron chi connectivity index (χ1n) is 7.61. The van der Waals surface area contributed by atoms with Crippen molar-refractivity contribution in [3.8, 4) is 17.6 Å². The Kier molecular flexibility index (Phi) is 6.88. The number of nitriles is 1. The van der Waals surface area contributed by atoms with E-state index in [1.54, 1.807) is 32.0 Å². The summed E-state index contributed by atoms with van der Waals surface area (Å²) in [6.45, 7) is 2.12. The van der Waals surface area contributed by atoms with Gasteiger partial charge in [0.25, 0.3) is 5.91 Å². The third kappa shape index (κ3) is 4.19. The lowest BCUT2D eigenvalue weighted by Gasteiger charge is -2.26. The molecule has 7 heteroatoms. The number of carbonyl (C=O) groups is 1. The van der Waals surface area contributed by atoms with Crippen LogP contribution in [0.1, 0.15) is 30.7 Å². The van der Waals surface area contributed by atoms with E-state index in [0.717, 1.165) is 28.4 Å². The summed E-state index contributed by atoms with van der Waals surface area (Å²) in [7, 11) is 3.18. The Labute approximate surface area is 150 Å². The number of nitrogens with one attached hydrogen (secondary N) is 1. The molecular formula is C17H20N2O3S2. The maximum absolute atomic E-state index is 12.3. The summed E-state index contributed by atoms with van der Waals surface area (Å²) in [5, 5.41) is 11.9. The van der Waals surface area contributed by atoms with Crippen LogP contribution in [0.5, 0.6) is 11.5 Å². The Morgan fingerprint density at radius 3 is 2.79 bits per heavy atom. The second-order valence-electron chi connectivity index (χ2n) is 5.06. The maximum Gasteiger partial charge on any atom is 0.264 e. The number of benzene rings is 1. The molecule has 5 nitrogen and oxygen atoms in total. The number of nitrogens with zero attached hydrogens (tertiary/aromatic N) is 1. The van der Waals surface area contributed by atoms with Crippen LogP contribution in [0.2, 0.25) is 0 Å². The largest absolute Gasteiger partial charge is 0.497 e. The van der Waals surface area contributed by atoms with E-state index in [4.69, 9.17) is 9.47 Å². The van der Waals surface area contributed by atoms with Crippen LogP contribution in [0.3, 0.4) is 0 Å². The molecule has 1 aromatic rings. The fourth-order valence-electron chi connectivity index (χ4n) is 2.17. The Bertz CT molecular complexity index is 683. The van der Waals surface area contributed by atoms with Gasteiger partial charge in [-0.3, -0.25) is 4.79 Å². The van der Waals surface area contributed by atoms with Crippen molar-refractivity contribution in [2.75, 3.05) is 20.0 Å². The van der Waals surface area contributed by atoms with Gasteiger partial charge in [-0.1, -0.05) is 25.1 Å². The van der Waals surface area contributed by atoms with Crippen LogP contribution in [0, 0.1) is 11.3 Å². The summed E-state index contributed by atoms with van der Waals surface area (Å²) in [5.41, 5.74) is 1.05. The maximum atomic E-state index is 12.3. The first-order valence-corrected chi connectivity index (χ1v) is 9.47. The van der Waals surface area contributed by atoms with Crippen LogP contribution in [-0.2, 0) is 4.79 Å². The van der Waals surface area contributed by atoms with E-state index in [0.29, 0.717) is 11.5 Å². The number of carbonyl (C=O) groups excluding carboxylic acids is 1. The van der Waals surface area contributed by atoms with E-state index in [9.17, 15) is 10.1 Å². The number of thioether (sulfide) groups is 2. The standard InChI is InChI=1S/C17H20N2O3S2/c1-4-5-8-23-17-13(10-18)15(20)19-16(24-17)12-7-6-11(21-2)9-14(12)22-3/h6-7,9,16H,4-5,8H2,1-3H3,(H,19,20)/t16-/m0/s1. The normalized spacial score (nSPS) is 17.2. The Morgan fingerprint density at radius 2 is 2.17 bits per heavy atom. The summed E-state index contributed by atoms with van der Waals surface area (Å²) in [6.07, 6.45) is 2.13. The number of amides is 1. The fraction of sp³-hybridized carbons (Fsp3) is 0.412. The lowest BCUT2D eigenvalue weighted by Crippen LogP contribution is -2.31. The predicted octanol–water partition coefficient (Wildman–Crippen LogP) is 3.83. The van der Waals surface area contributed by atoms with Crippen molar-refractivity contribution in [3.63, 3.8) is 0 Å². The van der Waals surface area contributed by atoms with E-state index < -0.39 is 0 Å². The van der Waals surface area contributed by atoms with Crippen LogP contribution in [-0.4, -0.2) is 25.9 Å². The minimum absolute atomic E-state index is 0.199. The minimum Gasteiger partial charge on any atom is -0.497 e. The zero-order chi connectivity index (χ0) is 17.5. The van der Waals surface area contributed by atoms with Crippen LogP contribution >= 0.6 is 23.5 Å². The van der Waals surface area contributed by atoms with Gasteiger partial charge in [0.1, 0.15) is 28.5 Å². The van der Waals surface area contributed by atoms with E-state index in [-0.39, 0.29) is 16.9 Å². The number of ether oxygens (including phenoxy) is 2. The molecule has 1 heterocycles. The summed E-state index contributed by atoms with van der Waals surface area (Å²) in [5.74, 6) is 1.89. The summed E-state index contributed by atoms with van der Waals surface area (Å²) in [4.78, 5) is 12.3. The topological polar surface area (TPSA) is 71.4 Å². The molecule has 1 aliphatic heterocycles. The first kappa shape index (κ1) is 18.6. The van der Waals surface area contributed by atoms with Gasteiger partial charge >= 0.3 is 0 Å². The Morgan fingerprint density at radius 1 is 1.38 bits per heavy atom. The quantitative estimate of drug-likeness (QED) is 0.741. The number of hydrogen-bond acceptors (Lipinski definition) is 6. The van der Waals surface area contributed by atoms with E-state index in [2.05, 4.69) is 12.2 Å². The molecule has 1 aromatic carbocycles. The van der Waals surface area contributed by atoms with E-state index >= 15 is 0 Å². The minimum atomic E-state index is -0.335. The van der Waals surface area contributed by atoms with Gasteiger partial charge in [0.15, 0.2) is 0 Å². The highest BCUT2D eigenvalue weighted by atomic mass is 32.2. The second-order valence-corrected chi connectivity index (χ2v) is 7.53. The molecule has 128 valence electrons.